The number of nitriles is 1. The summed E-state index contributed by atoms with van der Waals surface area (Å²) >= 11 is 1.55. The maximum absolute atomic E-state index is 13.0. The Morgan fingerprint density at radius 3 is 2.64 bits per heavy atom. The third-order valence-electron chi connectivity index (χ3n) is 5.21. The second kappa shape index (κ2) is 7.61. The van der Waals surface area contributed by atoms with Gasteiger partial charge < -0.3 is 9.64 Å². The number of thioether (sulfide) groups is 1. The first-order chi connectivity index (χ1) is 13.6. The summed E-state index contributed by atoms with van der Waals surface area (Å²) in [7, 11) is 1.61. The van der Waals surface area contributed by atoms with Gasteiger partial charge in [-0.2, -0.15) is 5.26 Å². The maximum atomic E-state index is 13.0. The Hall–Kier alpha value is -2.91. The normalized spacial score (nSPS) is 19.3. The first kappa shape index (κ1) is 18.5. The molecule has 0 N–H and O–H groups in total. The second-order valence-electron chi connectivity index (χ2n) is 6.94. The van der Waals surface area contributed by atoms with Crippen LogP contribution in [0, 0.1) is 18.3 Å². The minimum absolute atomic E-state index is 0.0363. The predicted octanol–water partition coefficient (Wildman–Crippen LogP) is 4.22. The van der Waals surface area contributed by atoms with Crippen molar-refractivity contribution >= 4 is 23.4 Å². The number of aryl methyl sites for hydroxylation is 1. The van der Waals surface area contributed by atoms with E-state index in [1.807, 2.05) is 24.3 Å². The van der Waals surface area contributed by atoms with Gasteiger partial charge in [0.2, 0.25) is 5.91 Å². The van der Waals surface area contributed by atoms with Crippen molar-refractivity contribution < 1.29 is 9.53 Å². The van der Waals surface area contributed by atoms with Crippen LogP contribution in [0.1, 0.15) is 23.5 Å². The van der Waals surface area contributed by atoms with Gasteiger partial charge in [-0.25, -0.2) is 0 Å². The number of carbonyl (C=O) groups excluding carboxylic acids is 1. The Morgan fingerprint density at radius 1 is 1.18 bits per heavy atom. The SMILES string of the molecule is COc1ccccc1[C@@H]1CC(=O)N2CN(c3ccc(C)cc3)CSC2=C1C#N. The number of hydrogen-bond acceptors (Lipinski definition) is 5. The Bertz CT molecular complexity index is 978. The molecule has 0 unspecified atom stereocenters. The largest absolute Gasteiger partial charge is 0.496 e. The van der Waals surface area contributed by atoms with E-state index < -0.39 is 0 Å². The van der Waals surface area contributed by atoms with Crippen LogP contribution in [0.3, 0.4) is 0 Å². The van der Waals surface area contributed by atoms with Crippen molar-refractivity contribution in [3.63, 3.8) is 0 Å². The standard InChI is InChI=1S/C22H21N3O2S/c1-15-7-9-16(10-8-15)24-13-25-21(26)11-18(19(12-23)22(25)28-14-24)17-5-3-4-6-20(17)27-2/h3-10,18H,11,13-14H2,1-2H3/t18-/m0/s1. The highest BCUT2D eigenvalue weighted by Gasteiger charge is 2.39. The number of carbonyl (C=O) groups is 1. The van der Waals surface area contributed by atoms with Crippen molar-refractivity contribution in [3.8, 4) is 11.8 Å². The van der Waals surface area contributed by atoms with Gasteiger partial charge in [-0.15, -0.1) is 0 Å². The van der Waals surface area contributed by atoms with Crippen LogP contribution < -0.4 is 9.64 Å². The van der Waals surface area contributed by atoms with Gasteiger partial charge in [0.05, 0.1) is 36.3 Å². The molecule has 0 aromatic heterocycles. The Kier molecular flexibility index (Phi) is 5.01. The molecule has 0 radical (unpaired) electrons. The Balaban J connectivity index is 1.68. The van der Waals surface area contributed by atoms with Gasteiger partial charge in [-0.3, -0.25) is 9.69 Å². The molecular formula is C22H21N3O2S. The van der Waals surface area contributed by atoms with Crippen molar-refractivity contribution in [2.45, 2.75) is 19.3 Å². The summed E-state index contributed by atoms with van der Waals surface area (Å²) in [6.07, 6.45) is 0.273. The summed E-state index contributed by atoms with van der Waals surface area (Å²) < 4.78 is 5.48. The number of benzene rings is 2. The lowest BCUT2D eigenvalue weighted by Crippen LogP contribution is -2.47. The maximum Gasteiger partial charge on any atom is 0.229 e. The minimum atomic E-state index is -0.265. The van der Waals surface area contributed by atoms with Crippen molar-refractivity contribution in [2.75, 3.05) is 24.6 Å². The highest BCUT2D eigenvalue weighted by molar-refractivity contribution is 8.03. The van der Waals surface area contributed by atoms with Gasteiger partial charge in [0, 0.05) is 23.6 Å². The molecule has 5 nitrogen and oxygen atoms in total. The fourth-order valence-electron chi connectivity index (χ4n) is 3.70. The van der Waals surface area contributed by atoms with Crippen LogP contribution in [-0.2, 0) is 4.79 Å². The van der Waals surface area contributed by atoms with Crippen LogP contribution >= 0.6 is 11.8 Å². The van der Waals surface area contributed by atoms with Crippen molar-refractivity contribution in [2.24, 2.45) is 0 Å². The minimum Gasteiger partial charge on any atom is -0.496 e. The molecule has 0 saturated carbocycles. The molecule has 2 aromatic rings. The quantitative estimate of drug-likeness (QED) is 0.784. The van der Waals surface area contributed by atoms with Crippen LogP contribution in [0.25, 0.3) is 0 Å². The third kappa shape index (κ3) is 3.23. The number of ether oxygens (including phenoxy) is 1. The van der Waals surface area contributed by atoms with Crippen molar-refractivity contribution in [1.82, 2.24) is 4.90 Å². The average molecular weight is 391 g/mol. The predicted molar refractivity (Wildman–Crippen MR) is 111 cm³/mol. The van der Waals surface area contributed by atoms with Crippen molar-refractivity contribution in [3.05, 3.63) is 70.3 Å². The van der Waals surface area contributed by atoms with E-state index in [1.54, 1.807) is 23.8 Å². The van der Waals surface area contributed by atoms with Crippen molar-refractivity contribution in [1.29, 1.82) is 5.26 Å². The van der Waals surface area contributed by atoms with E-state index in [9.17, 15) is 10.1 Å². The molecule has 1 fully saturated rings. The molecule has 0 bridgehead atoms. The molecule has 1 amide bonds. The lowest BCUT2D eigenvalue weighted by atomic mass is 9.86. The van der Waals surface area contributed by atoms with Gasteiger partial charge in [0.1, 0.15) is 5.75 Å². The van der Waals surface area contributed by atoms with Gasteiger partial charge >= 0.3 is 0 Å². The number of amides is 1. The number of rotatable bonds is 3. The van der Waals surface area contributed by atoms with E-state index in [0.717, 1.165) is 16.3 Å². The zero-order valence-corrected chi connectivity index (χ0v) is 16.7. The number of hydrogen-bond donors (Lipinski definition) is 0. The smallest absolute Gasteiger partial charge is 0.229 e. The lowest BCUT2D eigenvalue weighted by molar-refractivity contribution is -0.129. The van der Waals surface area contributed by atoms with E-state index in [4.69, 9.17) is 4.74 Å². The Morgan fingerprint density at radius 2 is 1.93 bits per heavy atom. The highest BCUT2D eigenvalue weighted by atomic mass is 32.2. The number of anilines is 1. The highest BCUT2D eigenvalue weighted by Crippen LogP contribution is 2.45. The van der Waals surface area contributed by atoms with E-state index >= 15 is 0 Å². The van der Waals surface area contributed by atoms with E-state index in [0.29, 0.717) is 23.9 Å². The number of para-hydroxylation sites is 1. The van der Waals surface area contributed by atoms with E-state index in [1.165, 1.54) is 5.56 Å². The molecular weight excluding hydrogens is 370 g/mol. The number of nitrogens with zero attached hydrogens (tertiary/aromatic N) is 3. The molecule has 0 spiro atoms. The monoisotopic (exact) mass is 391 g/mol. The van der Waals surface area contributed by atoms with Crippen LogP contribution in [0.15, 0.2) is 59.1 Å². The molecule has 1 atom stereocenters. The topological polar surface area (TPSA) is 56.6 Å². The number of allylic oxidation sites excluding steroid dienone is 1. The molecule has 2 aliphatic rings. The third-order valence-corrected chi connectivity index (χ3v) is 6.36. The molecule has 28 heavy (non-hydrogen) atoms. The molecule has 0 aliphatic carbocycles. The van der Waals surface area contributed by atoms with Gasteiger partial charge in [0.15, 0.2) is 0 Å². The van der Waals surface area contributed by atoms with Crippen LogP contribution in [0.4, 0.5) is 5.69 Å². The van der Waals surface area contributed by atoms with E-state index in [-0.39, 0.29) is 18.2 Å². The lowest BCUT2D eigenvalue weighted by Gasteiger charge is -2.42. The molecule has 1 saturated heterocycles. The molecule has 6 heteroatoms. The van der Waals surface area contributed by atoms with E-state index in [2.05, 4.69) is 42.2 Å². The summed E-state index contributed by atoms with van der Waals surface area (Å²) in [5.74, 6) is 1.18. The molecule has 4 rings (SSSR count). The van der Waals surface area contributed by atoms with Gasteiger partial charge in [0.25, 0.3) is 0 Å². The Labute approximate surface area is 169 Å². The number of methoxy groups -OCH3 is 1. The number of fused-ring (bicyclic) bond motifs is 1. The van der Waals surface area contributed by atoms with Gasteiger partial charge in [-0.1, -0.05) is 47.7 Å². The fraction of sp³-hybridized carbons (Fsp3) is 0.273. The van der Waals surface area contributed by atoms with Crippen LogP contribution in [0.2, 0.25) is 0 Å². The summed E-state index contributed by atoms with van der Waals surface area (Å²) in [6, 6.07) is 18.3. The zero-order chi connectivity index (χ0) is 19.7. The molecule has 142 valence electrons. The summed E-state index contributed by atoms with van der Waals surface area (Å²) in [5.41, 5.74) is 3.83. The fourth-order valence-corrected chi connectivity index (χ4v) is 4.87. The molecule has 2 heterocycles. The molecule has 2 aliphatic heterocycles. The van der Waals surface area contributed by atoms with Gasteiger partial charge in [-0.05, 0) is 25.1 Å². The first-order valence-corrected chi connectivity index (χ1v) is 10.1. The first-order valence-electron chi connectivity index (χ1n) is 9.14. The average Bonchev–Trinajstić information content (AvgIpc) is 2.74. The van der Waals surface area contributed by atoms with Crippen LogP contribution in [-0.4, -0.2) is 30.5 Å². The second-order valence-corrected chi connectivity index (χ2v) is 7.87. The summed E-state index contributed by atoms with van der Waals surface area (Å²) in [6.45, 7) is 2.52. The molecule has 2 aromatic carbocycles. The van der Waals surface area contributed by atoms with Crippen LogP contribution in [0.5, 0.6) is 5.75 Å². The zero-order valence-electron chi connectivity index (χ0n) is 15.9. The summed E-state index contributed by atoms with van der Waals surface area (Å²) in [5, 5.41) is 10.7. The summed E-state index contributed by atoms with van der Waals surface area (Å²) in [4.78, 5) is 16.9.